The molecule has 0 radical (unpaired) electrons. The lowest BCUT2D eigenvalue weighted by molar-refractivity contribution is 0.712. The van der Waals surface area contributed by atoms with E-state index in [1.807, 2.05) is 11.8 Å². The molecule has 0 aliphatic carbocycles. The van der Waals surface area contributed by atoms with Crippen molar-refractivity contribution in [2.24, 2.45) is 0 Å². The molecule has 2 rings (SSSR count). The van der Waals surface area contributed by atoms with Gasteiger partial charge in [0.1, 0.15) is 0 Å². The van der Waals surface area contributed by atoms with Gasteiger partial charge < -0.3 is 4.90 Å². The van der Waals surface area contributed by atoms with E-state index in [1.165, 1.54) is 0 Å². The Morgan fingerprint density at radius 1 is 1.19 bits per heavy atom. The largest absolute Gasteiger partial charge is 0.352 e. The Morgan fingerprint density at radius 3 is 2.44 bits per heavy atom. The van der Waals surface area contributed by atoms with Gasteiger partial charge in [-0.3, -0.25) is 0 Å². The predicted octanol–water partition coefficient (Wildman–Crippen LogP) is 2.51. The first-order chi connectivity index (χ1) is 7.56. The van der Waals surface area contributed by atoms with E-state index in [-0.39, 0.29) is 5.28 Å². The molecular weight excluding hydrogens is 267 g/mol. The fourth-order valence-corrected chi connectivity index (χ4v) is 3.48. The number of nitrogens with zero attached hydrogens (tertiary/aromatic N) is 4. The lowest BCUT2D eigenvalue weighted by Crippen LogP contribution is -2.41. The van der Waals surface area contributed by atoms with Crippen molar-refractivity contribution in [3.05, 3.63) is 10.4 Å². The fourth-order valence-electron chi connectivity index (χ4n) is 1.84. The molecule has 0 N–H and O–H groups in total. The van der Waals surface area contributed by atoms with Gasteiger partial charge in [-0.1, -0.05) is 25.4 Å². The third-order valence-corrected chi connectivity index (χ3v) is 3.95. The number of hydrogen-bond donors (Lipinski definition) is 0. The summed E-state index contributed by atoms with van der Waals surface area (Å²) in [6, 6.07) is 0. The SMILES string of the molecule is CC1CN(c2nc(Cl)nnc2Cl)CC(C)S1. The van der Waals surface area contributed by atoms with E-state index in [0.717, 1.165) is 13.1 Å². The van der Waals surface area contributed by atoms with E-state index >= 15 is 0 Å². The molecule has 0 spiro atoms. The van der Waals surface area contributed by atoms with Gasteiger partial charge >= 0.3 is 0 Å². The summed E-state index contributed by atoms with van der Waals surface area (Å²) in [5.41, 5.74) is 0. The van der Waals surface area contributed by atoms with Crippen LogP contribution < -0.4 is 4.90 Å². The number of anilines is 1. The van der Waals surface area contributed by atoms with Crippen molar-refractivity contribution in [3.63, 3.8) is 0 Å². The van der Waals surface area contributed by atoms with Crippen LogP contribution in [-0.4, -0.2) is 38.8 Å². The van der Waals surface area contributed by atoms with Gasteiger partial charge in [0.05, 0.1) is 0 Å². The van der Waals surface area contributed by atoms with Crippen LogP contribution in [0, 0.1) is 0 Å². The maximum absolute atomic E-state index is 5.98. The highest BCUT2D eigenvalue weighted by atomic mass is 35.5. The van der Waals surface area contributed by atoms with Crippen LogP contribution in [0.4, 0.5) is 5.82 Å². The molecule has 0 amide bonds. The first-order valence-corrected chi connectivity index (χ1v) is 6.72. The van der Waals surface area contributed by atoms with Crippen LogP contribution in [0.2, 0.25) is 10.4 Å². The minimum Gasteiger partial charge on any atom is -0.352 e. The summed E-state index contributed by atoms with van der Waals surface area (Å²) in [6.45, 7) is 6.20. The highest BCUT2D eigenvalue weighted by Gasteiger charge is 2.25. The molecule has 0 bridgehead atoms. The zero-order valence-electron chi connectivity index (χ0n) is 9.02. The second-order valence-corrected chi connectivity index (χ2v) is 6.44. The third-order valence-electron chi connectivity index (χ3n) is 2.32. The molecule has 1 aromatic rings. The van der Waals surface area contributed by atoms with Gasteiger partial charge in [-0.15, -0.1) is 10.2 Å². The molecule has 2 unspecified atom stereocenters. The van der Waals surface area contributed by atoms with E-state index in [9.17, 15) is 0 Å². The van der Waals surface area contributed by atoms with Crippen LogP contribution in [0.15, 0.2) is 0 Å². The summed E-state index contributed by atoms with van der Waals surface area (Å²) in [7, 11) is 0. The normalized spacial score (nSPS) is 25.9. The number of rotatable bonds is 1. The first-order valence-electron chi connectivity index (χ1n) is 5.02. The van der Waals surface area contributed by atoms with E-state index in [4.69, 9.17) is 23.2 Å². The molecule has 2 heterocycles. The van der Waals surface area contributed by atoms with Gasteiger partial charge in [-0.25, -0.2) is 0 Å². The highest BCUT2D eigenvalue weighted by Crippen LogP contribution is 2.30. The lowest BCUT2D eigenvalue weighted by Gasteiger charge is -2.35. The lowest BCUT2D eigenvalue weighted by atomic mass is 10.3. The number of aromatic nitrogens is 3. The summed E-state index contributed by atoms with van der Waals surface area (Å²) in [5, 5.41) is 8.94. The predicted molar refractivity (Wildman–Crippen MR) is 68.6 cm³/mol. The van der Waals surface area contributed by atoms with Crippen molar-refractivity contribution < 1.29 is 0 Å². The van der Waals surface area contributed by atoms with Crippen molar-refractivity contribution in [3.8, 4) is 0 Å². The Kier molecular flexibility index (Phi) is 3.77. The summed E-state index contributed by atoms with van der Waals surface area (Å²) < 4.78 is 0. The monoisotopic (exact) mass is 278 g/mol. The molecule has 1 aliphatic rings. The Bertz CT molecular complexity index is 380. The van der Waals surface area contributed by atoms with E-state index in [2.05, 4.69) is 33.9 Å². The molecule has 1 aromatic heterocycles. The quantitative estimate of drug-likeness (QED) is 0.790. The zero-order valence-corrected chi connectivity index (χ0v) is 11.4. The Labute approximate surface area is 109 Å². The Balaban J connectivity index is 2.25. The summed E-state index contributed by atoms with van der Waals surface area (Å²) in [6.07, 6.45) is 0. The van der Waals surface area contributed by atoms with Gasteiger partial charge in [0.25, 0.3) is 0 Å². The number of halogens is 2. The molecule has 16 heavy (non-hydrogen) atoms. The highest BCUT2D eigenvalue weighted by molar-refractivity contribution is 8.00. The second kappa shape index (κ2) is 4.94. The third kappa shape index (κ3) is 2.70. The van der Waals surface area contributed by atoms with Crippen molar-refractivity contribution in [1.29, 1.82) is 0 Å². The molecule has 88 valence electrons. The molecule has 4 nitrogen and oxygen atoms in total. The molecule has 1 fully saturated rings. The molecule has 0 aromatic carbocycles. The van der Waals surface area contributed by atoms with E-state index in [1.54, 1.807) is 0 Å². The van der Waals surface area contributed by atoms with Crippen LogP contribution in [-0.2, 0) is 0 Å². The zero-order chi connectivity index (χ0) is 11.7. The average Bonchev–Trinajstić information content (AvgIpc) is 2.20. The van der Waals surface area contributed by atoms with Gasteiger partial charge in [0.2, 0.25) is 5.28 Å². The minimum atomic E-state index is 0.137. The molecule has 1 aliphatic heterocycles. The number of hydrogen-bond acceptors (Lipinski definition) is 5. The van der Waals surface area contributed by atoms with Crippen molar-refractivity contribution >= 4 is 40.8 Å². The van der Waals surface area contributed by atoms with Crippen LogP contribution >= 0.6 is 35.0 Å². The maximum Gasteiger partial charge on any atom is 0.245 e. The second-order valence-electron chi connectivity index (χ2n) is 3.86. The van der Waals surface area contributed by atoms with Crippen molar-refractivity contribution in [2.75, 3.05) is 18.0 Å². The van der Waals surface area contributed by atoms with Crippen molar-refractivity contribution in [1.82, 2.24) is 15.2 Å². The summed E-state index contributed by atoms with van der Waals surface area (Å²) >= 11 is 13.7. The van der Waals surface area contributed by atoms with Gasteiger partial charge in [0.15, 0.2) is 11.0 Å². The molecule has 7 heteroatoms. The number of thioether (sulfide) groups is 1. The van der Waals surface area contributed by atoms with E-state index in [0.29, 0.717) is 21.5 Å². The molecule has 1 saturated heterocycles. The maximum atomic E-state index is 5.98. The molecular formula is C9H12Cl2N4S. The van der Waals surface area contributed by atoms with Crippen LogP contribution in [0.5, 0.6) is 0 Å². The van der Waals surface area contributed by atoms with Crippen LogP contribution in [0.1, 0.15) is 13.8 Å². The average molecular weight is 279 g/mol. The Hall–Kier alpha value is -0.260. The molecule has 0 saturated carbocycles. The van der Waals surface area contributed by atoms with Gasteiger partial charge in [0, 0.05) is 23.6 Å². The van der Waals surface area contributed by atoms with Gasteiger partial charge in [-0.05, 0) is 11.6 Å². The summed E-state index contributed by atoms with van der Waals surface area (Å²) in [5.74, 6) is 0.640. The Morgan fingerprint density at radius 2 is 1.81 bits per heavy atom. The summed E-state index contributed by atoms with van der Waals surface area (Å²) in [4.78, 5) is 6.26. The van der Waals surface area contributed by atoms with Crippen molar-refractivity contribution in [2.45, 2.75) is 24.3 Å². The molecule has 2 atom stereocenters. The standard InChI is InChI=1S/C9H12Cl2N4S/c1-5-3-15(4-6(2)16-5)8-7(10)13-14-9(11)12-8/h5-6H,3-4H2,1-2H3. The van der Waals surface area contributed by atoms with Crippen LogP contribution in [0.25, 0.3) is 0 Å². The topological polar surface area (TPSA) is 41.9 Å². The van der Waals surface area contributed by atoms with Crippen LogP contribution in [0.3, 0.4) is 0 Å². The smallest absolute Gasteiger partial charge is 0.245 e. The van der Waals surface area contributed by atoms with E-state index < -0.39 is 0 Å². The van der Waals surface area contributed by atoms with Gasteiger partial charge in [-0.2, -0.15) is 16.7 Å². The first kappa shape index (κ1) is 12.2. The fraction of sp³-hybridized carbons (Fsp3) is 0.667. The minimum absolute atomic E-state index is 0.137.